The quantitative estimate of drug-likeness (QED) is 0.473. The molecule has 0 aromatic heterocycles. The van der Waals surface area contributed by atoms with Crippen LogP contribution in [0.3, 0.4) is 0 Å². The molecule has 0 radical (unpaired) electrons. The molecule has 0 saturated heterocycles. The van der Waals surface area contributed by atoms with Crippen LogP contribution in [0.5, 0.6) is 0 Å². The van der Waals surface area contributed by atoms with Crippen molar-refractivity contribution in [2.45, 2.75) is 19.4 Å². The van der Waals surface area contributed by atoms with Gasteiger partial charge in [-0.05, 0) is 5.57 Å². The van der Waals surface area contributed by atoms with E-state index in [0.717, 1.165) is 0 Å². The largest absolute Gasteiger partial charge is 0.545 e. The highest BCUT2D eigenvalue weighted by molar-refractivity contribution is 5.85. The maximum absolute atomic E-state index is 10.3. The van der Waals surface area contributed by atoms with E-state index in [2.05, 4.69) is 5.73 Å². The number of quaternary nitrogens is 1. The minimum atomic E-state index is -1.04. The molecule has 0 aromatic carbocycles. The monoisotopic (exact) mass is 141 g/mol. The fraction of sp³-hybridized carbons (Fsp3) is 0.571. The van der Waals surface area contributed by atoms with Crippen LogP contribution in [0.25, 0.3) is 0 Å². The summed E-state index contributed by atoms with van der Waals surface area (Å²) in [6.07, 6.45) is 2.29. The lowest BCUT2D eigenvalue weighted by Crippen LogP contribution is -2.62. The van der Waals surface area contributed by atoms with Gasteiger partial charge in [-0.15, -0.1) is 0 Å². The van der Waals surface area contributed by atoms with E-state index in [4.69, 9.17) is 0 Å². The zero-order valence-electron chi connectivity index (χ0n) is 5.96. The van der Waals surface area contributed by atoms with Crippen LogP contribution < -0.4 is 10.8 Å². The van der Waals surface area contributed by atoms with E-state index in [1.54, 1.807) is 6.08 Å². The van der Waals surface area contributed by atoms with E-state index in [1.807, 2.05) is 6.92 Å². The second kappa shape index (κ2) is 2.42. The van der Waals surface area contributed by atoms with E-state index >= 15 is 0 Å². The highest BCUT2D eigenvalue weighted by atomic mass is 16.4. The van der Waals surface area contributed by atoms with Crippen molar-refractivity contribution in [2.24, 2.45) is 5.92 Å². The predicted octanol–water partition coefficient (Wildman–Crippen LogP) is -1.69. The van der Waals surface area contributed by atoms with Gasteiger partial charge in [0, 0.05) is 12.3 Å². The highest BCUT2D eigenvalue weighted by Crippen LogP contribution is 2.20. The van der Waals surface area contributed by atoms with Crippen LogP contribution in [0.2, 0.25) is 0 Å². The molecule has 1 aliphatic rings. The van der Waals surface area contributed by atoms with E-state index in [-0.39, 0.29) is 12.0 Å². The summed E-state index contributed by atoms with van der Waals surface area (Å²) in [5.41, 5.74) is 4.22. The number of carbonyl (C=O) groups excluding carboxylic acids is 1. The summed E-state index contributed by atoms with van der Waals surface area (Å²) in [4.78, 5) is 10.3. The molecule has 1 unspecified atom stereocenters. The van der Waals surface area contributed by atoms with Gasteiger partial charge in [0.15, 0.2) is 0 Å². The minimum Gasteiger partial charge on any atom is -0.545 e. The lowest BCUT2D eigenvalue weighted by atomic mass is 10.1. The summed E-state index contributed by atoms with van der Waals surface area (Å²) in [5.74, 6) is -0.758. The number of carboxylic acids is 1. The Hall–Kier alpha value is -0.830. The Labute approximate surface area is 59.5 Å². The topological polar surface area (TPSA) is 67.8 Å². The van der Waals surface area contributed by atoms with Gasteiger partial charge in [0.1, 0.15) is 0 Å². The molecule has 3 nitrogen and oxygen atoms in total. The summed E-state index contributed by atoms with van der Waals surface area (Å²) in [6.45, 7) is 1.97. The fourth-order valence-electron chi connectivity index (χ4n) is 1.14. The molecule has 1 rings (SSSR count). The van der Waals surface area contributed by atoms with Crippen LogP contribution in [0, 0.1) is 5.92 Å². The van der Waals surface area contributed by atoms with E-state index in [9.17, 15) is 9.90 Å². The van der Waals surface area contributed by atoms with Crippen molar-refractivity contribution in [2.75, 3.05) is 0 Å². The smallest absolute Gasteiger partial charge is 0.0945 e. The zero-order chi connectivity index (χ0) is 7.72. The number of aliphatic carboxylic acids is 1. The first-order valence-electron chi connectivity index (χ1n) is 3.36. The van der Waals surface area contributed by atoms with Crippen molar-refractivity contribution in [1.82, 2.24) is 0 Å². The van der Waals surface area contributed by atoms with Crippen LogP contribution in [-0.2, 0) is 4.79 Å². The third kappa shape index (κ3) is 1.19. The standard InChI is InChI=1S/C7H11NO2/c1-4-2-5(7(9)10)3-6(4)8/h2,4,6H,3,8H2,1H3,(H,9,10)/t4?,6-/m0/s1. The maximum atomic E-state index is 10.3. The molecule has 10 heavy (non-hydrogen) atoms. The Bertz CT molecular complexity index is 186. The van der Waals surface area contributed by atoms with E-state index in [0.29, 0.717) is 12.0 Å². The van der Waals surface area contributed by atoms with Crippen LogP contribution in [0.4, 0.5) is 0 Å². The van der Waals surface area contributed by atoms with Gasteiger partial charge >= 0.3 is 0 Å². The second-order valence-electron chi connectivity index (χ2n) is 2.80. The fourth-order valence-corrected chi connectivity index (χ4v) is 1.14. The molecule has 0 amide bonds. The Kier molecular flexibility index (Phi) is 1.76. The molecule has 3 heteroatoms. The molecule has 0 aromatic rings. The average molecular weight is 141 g/mol. The van der Waals surface area contributed by atoms with Gasteiger partial charge in [0.2, 0.25) is 0 Å². The van der Waals surface area contributed by atoms with Gasteiger partial charge in [-0.2, -0.15) is 0 Å². The van der Waals surface area contributed by atoms with Crippen LogP contribution in [0.15, 0.2) is 11.6 Å². The van der Waals surface area contributed by atoms with Gasteiger partial charge in [-0.1, -0.05) is 13.0 Å². The van der Waals surface area contributed by atoms with Gasteiger partial charge in [-0.25, -0.2) is 0 Å². The summed E-state index contributed by atoms with van der Waals surface area (Å²) in [7, 11) is 0. The van der Waals surface area contributed by atoms with Gasteiger partial charge < -0.3 is 15.6 Å². The number of rotatable bonds is 1. The van der Waals surface area contributed by atoms with Gasteiger partial charge in [0.05, 0.1) is 12.0 Å². The van der Waals surface area contributed by atoms with Gasteiger partial charge in [-0.3, -0.25) is 0 Å². The molecule has 0 saturated carbocycles. The first kappa shape index (κ1) is 7.28. The van der Waals surface area contributed by atoms with Crippen molar-refractivity contribution in [3.63, 3.8) is 0 Å². The lowest BCUT2D eigenvalue weighted by molar-refractivity contribution is -0.425. The molecular weight excluding hydrogens is 130 g/mol. The van der Waals surface area contributed by atoms with E-state index in [1.165, 1.54) is 0 Å². The molecule has 1 aliphatic carbocycles. The SMILES string of the molecule is CC1C=C(C(=O)[O-])C[C@@H]1[NH3+]. The number of hydrogen-bond acceptors (Lipinski definition) is 2. The Morgan fingerprint density at radius 3 is 2.70 bits per heavy atom. The van der Waals surface area contributed by atoms with Gasteiger partial charge in [0.25, 0.3) is 0 Å². The molecule has 0 spiro atoms. The summed E-state index contributed by atoms with van der Waals surface area (Å²) in [6, 6.07) is 0.216. The van der Waals surface area contributed by atoms with E-state index < -0.39 is 5.97 Å². The Balaban J connectivity index is 2.67. The van der Waals surface area contributed by atoms with Crippen LogP contribution >= 0.6 is 0 Å². The first-order chi connectivity index (χ1) is 4.61. The molecule has 0 aliphatic heterocycles. The second-order valence-corrected chi connectivity index (χ2v) is 2.80. The molecule has 0 bridgehead atoms. The Morgan fingerprint density at radius 1 is 1.90 bits per heavy atom. The normalized spacial score (nSPS) is 32.0. The van der Waals surface area contributed by atoms with Crippen molar-refractivity contribution in [3.05, 3.63) is 11.6 Å². The summed E-state index contributed by atoms with van der Waals surface area (Å²) >= 11 is 0. The summed E-state index contributed by atoms with van der Waals surface area (Å²) < 4.78 is 0. The van der Waals surface area contributed by atoms with Crippen molar-refractivity contribution in [3.8, 4) is 0 Å². The average Bonchev–Trinajstić information content (AvgIpc) is 2.13. The molecular formula is C7H11NO2. The number of hydrogen-bond donors (Lipinski definition) is 1. The minimum absolute atomic E-state index is 0.216. The maximum Gasteiger partial charge on any atom is 0.0945 e. The molecule has 0 heterocycles. The molecule has 0 fully saturated rings. The molecule has 2 atom stereocenters. The van der Waals surface area contributed by atoms with Crippen molar-refractivity contribution < 1.29 is 15.6 Å². The van der Waals surface area contributed by atoms with Crippen LogP contribution in [-0.4, -0.2) is 12.0 Å². The highest BCUT2D eigenvalue weighted by Gasteiger charge is 2.23. The summed E-state index contributed by atoms with van der Waals surface area (Å²) in [5, 5.41) is 10.3. The molecule has 3 N–H and O–H groups in total. The van der Waals surface area contributed by atoms with Crippen LogP contribution in [0.1, 0.15) is 13.3 Å². The molecule has 56 valence electrons. The first-order valence-corrected chi connectivity index (χ1v) is 3.36. The zero-order valence-corrected chi connectivity index (χ0v) is 5.96. The van der Waals surface area contributed by atoms with Crippen molar-refractivity contribution in [1.29, 1.82) is 0 Å². The lowest BCUT2D eigenvalue weighted by Gasteiger charge is -2.03. The Morgan fingerprint density at radius 2 is 2.50 bits per heavy atom. The number of carbonyl (C=O) groups is 1. The third-order valence-corrected chi connectivity index (χ3v) is 1.95. The third-order valence-electron chi connectivity index (χ3n) is 1.95. The van der Waals surface area contributed by atoms with Crippen molar-refractivity contribution >= 4 is 5.97 Å². The predicted molar refractivity (Wildman–Crippen MR) is 33.5 cm³/mol. The number of carboxylic acid groups (broad SMARTS) is 1.